The highest BCUT2D eigenvalue weighted by Crippen LogP contribution is 2.37. The second-order valence-electron chi connectivity index (χ2n) is 7.92. The van der Waals surface area contributed by atoms with Crippen LogP contribution in [-0.2, 0) is 11.3 Å². The van der Waals surface area contributed by atoms with E-state index < -0.39 is 0 Å². The molecule has 1 saturated heterocycles. The molecule has 6 heteroatoms. The first kappa shape index (κ1) is 20.7. The predicted molar refractivity (Wildman–Crippen MR) is 113 cm³/mol. The summed E-state index contributed by atoms with van der Waals surface area (Å²) in [6, 6.07) is 12.8. The van der Waals surface area contributed by atoms with Crippen LogP contribution in [-0.4, -0.2) is 48.6 Å². The Kier molecular flexibility index (Phi) is 6.53. The zero-order chi connectivity index (χ0) is 20.9. The highest BCUT2D eigenvalue weighted by Gasteiger charge is 2.29. The normalized spacial score (nSPS) is 18.8. The number of hydrogen-bond donors (Lipinski definition) is 0. The molecule has 0 unspecified atom stereocenters. The van der Waals surface area contributed by atoms with Gasteiger partial charge < -0.3 is 14.4 Å². The summed E-state index contributed by atoms with van der Waals surface area (Å²) in [7, 11) is 0. The van der Waals surface area contributed by atoms with Crippen LogP contribution in [0.25, 0.3) is 0 Å². The highest BCUT2D eigenvalue weighted by molar-refractivity contribution is 5.78. The zero-order valence-electron chi connectivity index (χ0n) is 17.5. The Morgan fingerprint density at radius 2 is 1.97 bits per heavy atom. The molecule has 2 aromatic carbocycles. The van der Waals surface area contributed by atoms with Crippen LogP contribution >= 0.6 is 0 Å². The van der Waals surface area contributed by atoms with Gasteiger partial charge in [0.25, 0.3) is 0 Å². The van der Waals surface area contributed by atoms with Crippen molar-refractivity contribution in [3.8, 4) is 11.5 Å². The molecule has 1 amide bonds. The number of rotatable bonds is 6. The van der Waals surface area contributed by atoms with Crippen molar-refractivity contribution in [3.05, 3.63) is 59.4 Å². The molecule has 2 aliphatic heterocycles. The summed E-state index contributed by atoms with van der Waals surface area (Å²) in [6.07, 6.45) is 2.96. The van der Waals surface area contributed by atoms with Crippen LogP contribution in [0.15, 0.2) is 42.5 Å². The number of amides is 1. The summed E-state index contributed by atoms with van der Waals surface area (Å²) in [5, 5.41) is 0. The Labute approximate surface area is 177 Å². The lowest BCUT2D eigenvalue weighted by Gasteiger charge is -2.28. The molecule has 0 N–H and O–H groups in total. The average molecular weight is 413 g/mol. The first-order valence-electron chi connectivity index (χ1n) is 10.8. The fourth-order valence-electron chi connectivity index (χ4n) is 4.29. The molecular weight excluding hydrogens is 383 g/mol. The Balaban J connectivity index is 1.44. The smallest absolute Gasteiger partial charge is 0.237 e. The maximum Gasteiger partial charge on any atom is 0.237 e. The molecular formula is C24H29FN2O3. The number of hydrogen-bond acceptors (Lipinski definition) is 4. The van der Waals surface area contributed by atoms with Crippen LogP contribution in [0, 0.1) is 5.82 Å². The van der Waals surface area contributed by atoms with Gasteiger partial charge in [0, 0.05) is 25.6 Å². The molecule has 0 saturated carbocycles. The first-order chi connectivity index (χ1) is 14.6. The van der Waals surface area contributed by atoms with E-state index in [1.54, 1.807) is 11.0 Å². The van der Waals surface area contributed by atoms with Gasteiger partial charge in [0.05, 0.1) is 19.8 Å². The van der Waals surface area contributed by atoms with Crippen LogP contribution < -0.4 is 9.47 Å². The first-order valence-corrected chi connectivity index (χ1v) is 10.8. The van der Waals surface area contributed by atoms with Crippen molar-refractivity contribution in [2.45, 2.75) is 38.8 Å². The predicted octanol–water partition coefficient (Wildman–Crippen LogP) is 4.17. The number of benzene rings is 2. The lowest BCUT2D eigenvalue weighted by atomic mass is 10.0. The Morgan fingerprint density at radius 1 is 1.13 bits per heavy atom. The Bertz CT molecular complexity index is 889. The number of ether oxygens (including phenoxy) is 2. The summed E-state index contributed by atoms with van der Waals surface area (Å²) in [6.45, 7) is 5.57. The molecule has 0 radical (unpaired) electrons. The molecule has 0 bridgehead atoms. The van der Waals surface area contributed by atoms with Gasteiger partial charge in [-0.05, 0) is 61.7 Å². The van der Waals surface area contributed by atoms with E-state index in [1.807, 2.05) is 19.1 Å². The average Bonchev–Trinajstić information content (AvgIpc) is 3.07. The van der Waals surface area contributed by atoms with E-state index in [4.69, 9.17) is 9.47 Å². The second-order valence-corrected chi connectivity index (χ2v) is 7.92. The topological polar surface area (TPSA) is 42.0 Å². The molecule has 5 nitrogen and oxygen atoms in total. The number of halogens is 1. The van der Waals surface area contributed by atoms with Crippen molar-refractivity contribution in [1.82, 2.24) is 9.80 Å². The van der Waals surface area contributed by atoms with Gasteiger partial charge in [0.15, 0.2) is 11.5 Å². The molecule has 0 spiro atoms. The number of carbonyl (C=O) groups is 1. The van der Waals surface area contributed by atoms with Gasteiger partial charge >= 0.3 is 0 Å². The molecule has 4 rings (SSSR count). The third-order valence-electron chi connectivity index (χ3n) is 5.86. The number of likely N-dealkylation sites (tertiary alicyclic amines) is 1. The van der Waals surface area contributed by atoms with Gasteiger partial charge in [-0.2, -0.15) is 0 Å². The monoisotopic (exact) mass is 412 g/mol. The number of fused-ring (bicyclic) bond motifs is 1. The van der Waals surface area contributed by atoms with Gasteiger partial charge in [0.2, 0.25) is 5.91 Å². The zero-order valence-corrected chi connectivity index (χ0v) is 17.5. The second kappa shape index (κ2) is 9.47. The van der Waals surface area contributed by atoms with Crippen molar-refractivity contribution < 1.29 is 18.7 Å². The molecule has 2 aromatic rings. The third kappa shape index (κ3) is 4.75. The van der Waals surface area contributed by atoms with E-state index in [0.717, 1.165) is 48.4 Å². The van der Waals surface area contributed by atoms with E-state index in [9.17, 15) is 9.18 Å². The molecule has 0 aliphatic carbocycles. The maximum absolute atomic E-state index is 13.5. The number of likely N-dealkylation sites (N-methyl/N-ethyl adjacent to an activating group) is 1. The van der Waals surface area contributed by atoms with Crippen LogP contribution in [0.4, 0.5) is 4.39 Å². The van der Waals surface area contributed by atoms with Crippen LogP contribution in [0.3, 0.4) is 0 Å². The van der Waals surface area contributed by atoms with Crippen molar-refractivity contribution in [3.63, 3.8) is 0 Å². The minimum atomic E-state index is -0.273. The largest absolute Gasteiger partial charge is 0.490 e. The van der Waals surface area contributed by atoms with E-state index in [-0.39, 0.29) is 17.8 Å². The number of carbonyl (C=O) groups excluding carboxylic acids is 1. The van der Waals surface area contributed by atoms with Crippen molar-refractivity contribution in [2.75, 3.05) is 32.8 Å². The van der Waals surface area contributed by atoms with Crippen molar-refractivity contribution in [2.24, 2.45) is 0 Å². The van der Waals surface area contributed by atoms with E-state index in [0.29, 0.717) is 32.8 Å². The SMILES string of the molecule is CCN(Cc1cccc(F)c1)C(=O)CN1CCC[C@H]1c1ccc2c(c1)OCCCO2. The Hall–Kier alpha value is -2.60. The van der Waals surface area contributed by atoms with Gasteiger partial charge in [-0.15, -0.1) is 0 Å². The van der Waals surface area contributed by atoms with Crippen LogP contribution in [0.2, 0.25) is 0 Å². The summed E-state index contributed by atoms with van der Waals surface area (Å²) in [5.74, 6) is 1.39. The van der Waals surface area contributed by atoms with Crippen molar-refractivity contribution >= 4 is 5.91 Å². The molecule has 160 valence electrons. The molecule has 2 heterocycles. The van der Waals surface area contributed by atoms with E-state index in [2.05, 4.69) is 17.0 Å². The molecule has 2 aliphatic rings. The summed E-state index contributed by atoms with van der Waals surface area (Å²) in [5.41, 5.74) is 1.98. The van der Waals surface area contributed by atoms with Crippen LogP contribution in [0.1, 0.15) is 43.4 Å². The lowest BCUT2D eigenvalue weighted by Crippen LogP contribution is -2.39. The minimum absolute atomic E-state index is 0.0722. The quantitative estimate of drug-likeness (QED) is 0.714. The Morgan fingerprint density at radius 3 is 2.77 bits per heavy atom. The van der Waals surface area contributed by atoms with Crippen LogP contribution in [0.5, 0.6) is 11.5 Å². The van der Waals surface area contributed by atoms with Crippen molar-refractivity contribution in [1.29, 1.82) is 0 Å². The highest BCUT2D eigenvalue weighted by atomic mass is 19.1. The molecule has 1 fully saturated rings. The molecule has 1 atom stereocenters. The van der Waals surface area contributed by atoms with E-state index in [1.165, 1.54) is 12.1 Å². The van der Waals surface area contributed by atoms with Gasteiger partial charge in [-0.3, -0.25) is 9.69 Å². The lowest BCUT2D eigenvalue weighted by molar-refractivity contribution is -0.133. The third-order valence-corrected chi connectivity index (χ3v) is 5.86. The molecule has 30 heavy (non-hydrogen) atoms. The summed E-state index contributed by atoms with van der Waals surface area (Å²) < 4.78 is 25.1. The van der Waals surface area contributed by atoms with Gasteiger partial charge in [0.1, 0.15) is 5.82 Å². The van der Waals surface area contributed by atoms with Gasteiger partial charge in [-0.1, -0.05) is 18.2 Å². The minimum Gasteiger partial charge on any atom is -0.490 e. The molecule has 0 aromatic heterocycles. The fourth-order valence-corrected chi connectivity index (χ4v) is 4.29. The maximum atomic E-state index is 13.5. The summed E-state index contributed by atoms with van der Waals surface area (Å²) >= 11 is 0. The number of nitrogens with zero attached hydrogens (tertiary/aromatic N) is 2. The standard InChI is InChI=1S/C24H29FN2O3/c1-2-26(16-18-6-3-7-20(25)14-18)24(28)17-27-11-4-8-21(27)19-9-10-22-23(15-19)30-13-5-12-29-22/h3,6-7,9-10,14-15,21H,2,4-5,8,11-13,16-17H2,1H3/t21-/m0/s1. The fraction of sp³-hybridized carbons (Fsp3) is 0.458. The summed E-state index contributed by atoms with van der Waals surface area (Å²) in [4.78, 5) is 17.1. The van der Waals surface area contributed by atoms with E-state index >= 15 is 0 Å². The van der Waals surface area contributed by atoms with Gasteiger partial charge in [-0.25, -0.2) is 4.39 Å².